The summed E-state index contributed by atoms with van der Waals surface area (Å²) in [4.78, 5) is 8.32. The van der Waals surface area contributed by atoms with Gasteiger partial charge in [0.15, 0.2) is 0 Å². The van der Waals surface area contributed by atoms with Crippen molar-refractivity contribution in [3.8, 4) is 0 Å². The average Bonchev–Trinajstić information content (AvgIpc) is 2.58. The van der Waals surface area contributed by atoms with E-state index in [0.717, 1.165) is 11.6 Å². The SMILES string of the molecule is CN(C)CC(C)(O)CNCc1cnc(N(C)C)n1C. The summed E-state index contributed by atoms with van der Waals surface area (Å²) in [6, 6.07) is 0. The number of nitrogens with zero attached hydrogens (tertiary/aromatic N) is 4. The number of likely N-dealkylation sites (N-methyl/N-ethyl adjacent to an activating group) is 1. The quantitative estimate of drug-likeness (QED) is 0.723. The second kappa shape index (κ2) is 6.36. The van der Waals surface area contributed by atoms with Gasteiger partial charge in [0.1, 0.15) is 0 Å². The number of hydrogen-bond donors (Lipinski definition) is 2. The zero-order valence-corrected chi connectivity index (χ0v) is 12.9. The Bertz CT molecular complexity index is 398. The molecule has 0 amide bonds. The van der Waals surface area contributed by atoms with Gasteiger partial charge in [-0.1, -0.05) is 0 Å². The molecular weight excluding hydrogens is 242 g/mol. The van der Waals surface area contributed by atoms with Crippen molar-refractivity contribution in [1.29, 1.82) is 0 Å². The largest absolute Gasteiger partial charge is 0.388 e. The van der Waals surface area contributed by atoms with E-state index in [1.54, 1.807) is 0 Å². The van der Waals surface area contributed by atoms with Gasteiger partial charge in [0.25, 0.3) is 0 Å². The molecule has 0 bridgehead atoms. The number of imidazole rings is 1. The van der Waals surface area contributed by atoms with Crippen molar-refractivity contribution in [2.45, 2.75) is 19.1 Å². The van der Waals surface area contributed by atoms with Crippen LogP contribution in [0.2, 0.25) is 0 Å². The smallest absolute Gasteiger partial charge is 0.204 e. The molecule has 1 unspecified atom stereocenters. The summed E-state index contributed by atoms with van der Waals surface area (Å²) in [7, 11) is 9.86. The first-order valence-electron chi connectivity index (χ1n) is 6.48. The van der Waals surface area contributed by atoms with Gasteiger partial charge in [0.2, 0.25) is 5.95 Å². The van der Waals surface area contributed by atoms with Crippen LogP contribution in [0.4, 0.5) is 5.95 Å². The van der Waals surface area contributed by atoms with E-state index in [-0.39, 0.29) is 0 Å². The molecule has 1 aromatic heterocycles. The Kier molecular flexibility index (Phi) is 5.34. The molecule has 0 fully saturated rings. The minimum atomic E-state index is -0.730. The van der Waals surface area contributed by atoms with Gasteiger partial charge in [-0.05, 0) is 21.0 Å². The predicted molar refractivity (Wildman–Crippen MR) is 78.4 cm³/mol. The van der Waals surface area contributed by atoms with E-state index < -0.39 is 5.60 Å². The topological polar surface area (TPSA) is 56.6 Å². The molecular formula is C13H27N5O. The van der Waals surface area contributed by atoms with Crippen LogP contribution in [-0.4, -0.2) is 66.4 Å². The number of nitrogens with one attached hydrogen (secondary N) is 1. The predicted octanol–water partition coefficient (Wildman–Crippen LogP) is -0.112. The summed E-state index contributed by atoms with van der Waals surface area (Å²) in [5.74, 6) is 0.928. The van der Waals surface area contributed by atoms with E-state index in [1.165, 1.54) is 0 Å². The molecule has 1 rings (SSSR count). The Labute approximate surface area is 116 Å². The Morgan fingerprint density at radius 3 is 2.47 bits per heavy atom. The zero-order valence-electron chi connectivity index (χ0n) is 12.9. The molecule has 1 aromatic rings. The summed E-state index contributed by atoms with van der Waals surface area (Å²) in [5.41, 5.74) is 0.372. The van der Waals surface area contributed by atoms with Crippen LogP contribution in [-0.2, 0) is 13.6 Å². The molecule has 0 saturated heterocycles. The molecule has 0 saturated carbocycles. The molecule has 6 nitrogen and oxygen atoms in total. The normalized spacial score (nSPS) is 14.7. The lowest BCUT2D eigenvalue weighted by molar-refractivity contribution is 0.0335. The summed E-state index contributed by atoms with van der Waals surface area (Å²) in [6.45, 7) is 3.72. The van der Waals surface area contributed by atoms with Gasteiger partial charge in [0, 0.05) is 40.8 Å². The van der Waals surface area contributed by atoms with Crippen molar-refractivity contribution < 1.29 is 5.11 Å². The molecule has 0 aromatic carbocycles. The molecule has 1 atom stereocenters. The highest BCUT2D eigenvalue weighted by molar-refractivity contribution is 5.30. The Hall–Kier alpha value is -1.11. The zero-order chi connectivity index (χ0) is 14.6. The van der Waals surface area contributed by atoms with Gasteiger partial charge in [0.05, 0.1) is 17.5 Å². The molecule has 1 heterocycles. The third kappa shape index (κ3) is 4.81. The van der Waals surface area contributed by atoms with Crippen LogP contribution in [0.1, 0.15) is 12.6 Å². The Morgan fingerprint density at radius 2 is 2.00 bits per heavy atom. The van der Waals surface area contributed by atoms with Crippen LogP contribution in [0.25, 0.3) is 0 Å². The van der Waals surface area contributed by atoms with E-state index >= 15 is 0 Å². The number of aromatic nitrogens is 2. The highest BCUT2D eigenvalue weighted by Crippen LogP contribution is 2.11. The maximum absolute atomic E-state index is 10.2. The van der Waals surface area contributed by atoms with Crippen LogP contribution < -0.4 is 10.2 Å². The Morgan fingerprint density at radius 1 is 1.37 bits per heavy atom. The van der Waals surface area contributed by atoms with Crippen molar-refractivity contribution in [2.75, 3.05) is 46.2 Å². The average molecular weight is 269 g/mol. The van der Waals surface area contributed by atoms with Crippen LogP contribution in [0.15, 0.2) is 6.20 Å². The number of aliphatic hydroxyl groups is 1. The molecule has 110 valence electrons. The summed E-state index contributed by atoms with van der Waals surface area (Å²) >= 11 is 0. The van der Waals surface area contributed by atoms with Gasteiger partial charge in [-0.15, -0.1) is 0 Å². The monoisotopic (exact) mass is 269 g/mol. The number of rotatable bonds is 7. The molecule has 6 heteroatoms. The van der Waals surface area contributed by atoms with Crippen molar-refractivity contribution in [3.63, 3.8) is 0 Å². The lowest BCUT2D eigenvalue weighted by Crippen LogP contribution is -2.45. The van der Waals surface area contributed by atoms with Crippen molar-refractivity contribution in [1.82, 2.24) is 19.8 Å². The summed E-state index contributed by atoms with van der Waals surface area (Å²) in [6.07, 6.45) is 1.86. The molecule has 0 aliphatic heterocycles. The first-order chi connectivity index (χ1) is 8.73. The van der Waals surface area contributed by atoms with Crippen LogP contribution >= 0.6 is 0 Å². The van der Waals surface area contributed by atoms with Crippen molar-refractivity contribution in [2.24, 2.45) is 7.05 Å². The lowest BCUT2D eigenvalue weighted by atomic mass is 10.1. The second-order valence-corrected chi connectivity index (χ2v) is 5.84. The molecule has 0 aliphatic rings. The molecule has 0 radical (unpaired) electrons. The van der Waals surface area contributed by atoms with Gasteiger partial charge >= 0.3 is 0 Å². The Balaban J connectivity index is 2.50. The number of anilines is 1. The first kappa shape index (κ1) is 15.9. The lowest BCUT2D eigenvalue weighted by Gasteiger charge is -2.27. The highest BCUT2D eigenvalue weighted by Gasteiger charge is 2.20. The summed E-state index contributed by atoms with van der Waals surface area (Å²) in [5, 5.41) is 13.5. The third-order valence-electron chi connectivity index (χ3n) is 2.93. The van der Waals surface area contributed by atoms with E-state index in [9.17, 15) is 5.11 Å². The van der Waals surface area contributed by atoms with Crippen molar-refractivity contribution in [3.05, 3.63) is 11.9 Å². The maximum Gasteiger partial charge on any atom is 0.204 e. The molecule has 19 heavy (non-hydrogen) atoms. The highest BCUT2D eigenvalue weighted by atomic mass is 16.3. The van der Waals surface area contributed by atoms with Gasteiger partial charge < -0.3 is 24.8 Å². The van der Waals surface area contributed by atoms with Gasteiger partial charge in [-0.3, -0.25) is 0 Å². The van der Waals surface area contributed by atoms with Crippen LogP contribution in [0.3, 0.4) is 0 Å². The van der Waals surface area contributed by atoms with Crippen LogP contribution in [0.5, 0.6) is 0 Å². The van der Waals surface area contributed by atoms with Crippen molar-refractivity contribution >= 4 is 5.95 Å². The van der Waals surface area contributed by atoms with E-state index in [0.29, 0.717) is 19.6 Å². The van der Waals surface area contributed by atoms with E-state index in [1.807, 2.05) is 62.7 Å². The first-order valence-corrected chi connectivity index (χ1v) is 6.48. The fourth-order valence-corrected chi connectivity index (χ4v) is 2.21. The minimum Gasteiger partial charge on any atom is -0.388 e. The van der Waals surface area contributed by atoms with Gasteiger partial charge in [-0.2, -0.15) is 0 Å². The van der Waals surface area contributed by atoms with E-state index in [2.05, 4.69) is 10.3 Å². The van der Waals surface area contributed by atoms with Gasteiger partial charge in [-0.25, -0.2) is 4.98 Å². The fraction of sp³-hybridized carbons (Fsp3) is 0.769. The standard InChI is InChI=1S/C13H27N5O/c1-13(19,10-16(2)3)9-14-7-11-8-15-12(17(4)5)18(11)6/h8,14,19H,7,9-10H2,1-6H3. The molecule has 0 spiro atoms. The minimum absolute atomic E-state index is 0.549. The summed E-state index contributed by atoms with van der Waals surface area (Å²) < 4.78 is 2.05. The van der Waals surface area contributed by atoms with E-state index in [4.69, 9.17) is 0 Å². The fourth-order valence-electron chi connectivity index (χ4n) is 2.21. The van der Waals surface area contributed by atoms with Crippen LogP contribution in [0, 0.1) is 0 Å². The second-order valence-electron chi connectivity index (χ2n) is 5.84. The third-order valence-corrected chi connectivity index (χ3v) is 2.93. The maximum atomic E-state index is 10.2. The molecule has 2 N–H and O–H groups in total. The molecule has 0 aliphatic carbocycles. The number of hydrogen-bond acceptors (Lipinski definition) is 5.